The summed E-state index contributed by atoms with van der Waals surface area (Å²) in [5, 5.41) is 0. The Hall–Kier alpha value is -0.780. The van der Waals surface area contributed by atoms with E-state index in [0.29, 0.717) is 0 Å². The lowest BCUT2D eigenvalue weighted by Crippen LogP contribution is -2.44. The van der Waals surface area contributed by atoms with Gasteiger partial charge in [-0.2, -0.15) is 13.2 Å². The Morgan fingerprint density at radius 2 is 1.89 bits per heavy atom. The summed E-state index contributed by atoms with van der Waals surface area (Å²) in [7, 11) is 1.22. The van der Waals surface area contributed by atoms with E-state index in [9.17, 15) is 18.0 Å². The third-order valence-corrected chi connectivity index (χ3v) is 4.65. The van der Waals surface area contributed by atoms with Crippen LogP contribution in [0.25, 0.3) is 0 Å². The molecule has 0 N–H and O–H groups in total. The van der Waals surface area contributed by atoms with Gasteiger partial charge in [-0.1, -0.05) is 6.92 Å². The standard InChI is InChI=1S/C13H19F3O3/c1-6-7(2)19-10-5-8(13(14,15)16)4-9(11(6)10)12(17)18-3/h6-11H,4-5H2,1-3H3/t6-,7+,8-,9+,10+,11-/m1/s1. The zero-order valence-corrected chi connectivity index (χ0v) is 11.2. The van der Waals surface area contributed by atoms with Gasteiger partial charge in [0.25, 0.3) is 0 Å². The normalized spacial score (nSPS) is 42.8. The van der Waals surface area contributed by atoms with Gasteiger partial charge in [-0.3, -0.25) is 4.79 Å². The fourth-order valence-electron chi connectivity index (χ4n) is 3.49. The lowest BCUT2D eigenvalue weighted by atomic mass is 9.68. The molecule has 0 amide bonds. The van der Waals surface area contributed by atoms with Gasteiger partial charge in [0.1, 0.15) is 0 Å². The summed E-state index contributed by atoms with van der Waals surface area (Å²) >= 11 is 0. The summed E-state index contributed by atoms with van der Waals surface area (Å²) in [5.41, 5.74) is 0. The molecule has 3 nitrogen and oxygen atoms in total. The lowest BCUT2D eigenvalue weighted by Gasteiger charge is -2.38. The highest BCUT2D eigenvalue weighted by Gasteiger charge is 2.56. The van der Waals surface area contributed by atoms with Crippen LogP contribution in [0.2, 0.25) is 0 Å². The number of halogens is 3. The zero-order chi connectivity index (χ0) is 14.4. The van der Waals surface area contributed by atoms with Gasteiger partial charge in [-0.05, 0) is 25.7 Å². The predicted octanol–water partition coefficient (Wildman–Crippen LogP) is 2.79. The topological polar surface area (TPSA) is 35.5 Å². The van der Waals surface area contributed by atoms with Crippen LogP contribution < -0.4 is 0 Å². The molecule has 2 fully saturated rings. The number of methoxy groups -OCH3 is 1. The molecule has 0 aromatic rings. The molecule has 19 heavy (non-hydrogen) atoms. The summed E-state index contributed by atoms with van der Waals surface area (Å²) in [6, 6.07) is 0. The molecule has 1 saturated heterocycles. The molecule has 6 atom stereocenters. The minimum absolute atomic E-state index is 0.0453. The molecule has 0 spiro atoms. The molecule has 0 unspecified atom stereocenters. The van der Waals surface area contributed by atoms with Crippen molar-refractivity contribution < 1.29 is 27.4 Å². The highest BCUT2D eigenvalue weighted by molar-refractivity contribution is 5.73. The smallest absolute Gasteiger partial charge is 0.391 e. The molecule has 0 aromatic carbocycles. The maximum Gasteiger partial charge on any atom is 0.391 e. The van der Waals surface area contributed by atoms with Crippen LogP contribution in [0.3, 0.4) is 0 Å². The van der Waals surface area contributed by atoms with Crippen LogP contribution in [0.1, 0.15) is 26.7 Å². The molecule has 1 aliphatic heterocycles. The van der Waals surface area contributed by atoms with Crippen molar-refractivity contribution in [2.45, 2.75) is 45.1 Å². The van der Waals surface area contributed by atoms with Crippen LogP contribution in [-0.4, -0.2) is 31.5 Å². The van der Waals surface area contributed by atoms with Crippen LogP contribution in [-0.2, 0) is 14.3 Å². The van der Waals surface area contributed by atoms with E-state index in [-0.39, 0.29) is 30.8 Å². The lowest BCUT2D eigenvalue weighted by molar-refractivity contribution is -0.202. The van der Waals surface area contributed by atoms with Crippen LogP contribution in [0.4, 0.5) is 13.2 Å². The Morgan fingerprint density at radius 3 is 2.42 bits per heavy atom. The van der Waals surface area contributed by atoms with E-state index in [1.165, 1.54) is 7.11 Å². The SMILES string of the molecule is COC(=O)[C@H]1C[C@@H](C(F)(F)F)C[C@@H]2O[C@@H](C)[C@@H](C)[C@@H]21. The van der Waals surface area contributed by atoms with Gasteiger partial charge in [0.05, 0.1) is 31.2 Å². The van der Waals surface area contributed by atoms with E-state index >= 15 is 0 Å². The van der Waals surface area contributed by atoms with Crippen molar-refractivity contribution in [1.29, 1.82) is 0 Å². The number of ether oxygens (including phenoxy) is 2. The molecule has 6 heteroatoms. The van der Waals surface area contributed by atoms with Crippen molar-refractivity contribution in [3.63, 3.8) is 0 Å². The summed E-state index contributed by atoms with van der Waals surface area (Å²) < 4.78 is 49.1. The van der Waals surface area contributed by atoms with Crippen LogP contribution in [0.5, 0.6) is 0 Å². The second-order valence-electron chi connectivity index (χ2n) is 5.66. The van der Waals surface area contributed by atoms with E-state index in [4.69, 9.17) is 4.74 Å². The Bertz CT molecular complexity index is 356. The van der Waals surface area contributed by atoms with Gasteiger partial charge in [0.2, 0.25) is 0 Å². The zero-order valence-electron chi connectivity index (χ0n) is 11.2. The van der Waals surface area contributed by atoms with Gasteiger partial charge in [-0.25, -0.2) is 0 Å². The molecule has 110 valence electrons. The van der Waals surface area contributed by atoms with Gasteiger partial charge >= 0.3 is 12.1 Å². The first-order valence-corrected chi connectivity index (χ1v) is 6.55. The third-order valence-electron chi connectivity index (χ3n) is 4.65. The Labute approximate surface area is 110 Å². The van der Waals surface area contributed by atoms with E-state index in [0.717, 1.165) is 0 Å². The average Bonchev–Trinajstić information content (AvgIpc) is 2.62. The van der Waals surface area contributed by atoms with Crippen molar-refractivity contribution in [2.24, 2.45) is 23.7 Å². The quantitative estimate of drug-likeness (QED) is 0.693. The highest BCUT2D eigenvalue weighted by Crippen LogP contribution is 2.50. The van der Waals surface area contributed by atoms with E-state index < -0.39 is 30.1 Å². The van der Waals surface area contributed by atoms with Crippen molar-refractivity contribution in [1.82, 2.24) is 0 Å². The molecule has 2 aliphatic rings. The Balaban J connectivity index is 2.25. The van der Waals surface area contributed by atoms with Gasteiger partial charge in [0, 0.05) is 5.92 Å². The molecular weight excluding hydrogens is 261 g/mol. The molecule has 0 radical (unpaired) electrons. The summed E-state index contributed by atoms with van der Waals surface area (Å²) in [5.74, 6) is -2.83. The van der Waals surface area contributed by atoms with Crippen molar-refractivity contribution >= 4 is 5.97 Å². The second-order valence-corrected chi connectivity index (χ2v) is 5.66. The first-order valence-electron chi connectivity index (χ1n) is 6.55. The summed E-state index contributed by atoms with van der Waals surface area (Å²) in [6.45, 7) is 3.78. The minimum Gasteiger partial charge on any atom is -0.469 e. The molecule has 0 bridgehead atoms. The molecule has 0 aromatic heterocycles. The number of carbonyl (C=O) groups is 1. The fourth-order valence-corrected chi connectivity index (χ4v) is 3.49. The number of carbonyl (C=O) groups excluding carboxylic acids is 1. The number of hydrogen-bond donors (Lipinski definition) is 0. The minimum atomic E-state index is -4.28. The first-order chi connectivity index (χ1) is 8.75. The number of fused-ring (bicyclic) bond motifs is 1. The Morgan fingerprint density at radius 1 is 1.26 bits per heavy atom. The van der Waals surface area contributed by atoms with Gasteiger partial charge < -0.3 is 9.47 Å². The molecular formula is C13H19F3O3. The number of hydrogen-bond acceptors (Lipinski definition) is 3. The van der Waals surface area contributed by atoms with Gasteiger partial charge in [0.15, 0.2) is 0 Å². The van der Waals surface area contributed by atoms with E-state index in [1.54, 1.807) is 0 Å². The van der Waals surface area contributed by atoms with Crippen LogP contribution in [0.15, 0.2) is 0 Å². The Kier molecular flexibility index (Phi) is 3.82. The van der Waals surface area contributed by atoms with Gasteiger partial charge in [-0.15, -0.1) is 0 Å². The van der Waals surface area contributed by atoms with Crippen molar-refractivity contribution in [2.75, 3.05) is 7.11 Å². The second kappa shape index (κ2) is 4.96. The fraction of sp³-hybridized carbons (Fsp3) is 0.923. The number of esters is 1. The van der Waals surface area contributed by atoms with Crippen molar-refractivity contribution in [3.8, 4) is 0 Å². The van der Waals surface area contributed by atoms with Crippen LogP contribution >= 0.6 is 0 Å². The predicted molar refractivity (Wildman–Crippen MR) is 61.3 cm³/mol. The maximum atomic E-state index is 12.9. The third kappa shape index (κ3) is 2.59. The van der Waals surface area contributed by atoms with Crippen molar-refractivity contribution in [3.05, 3.63) is 0 Å². The molecule has 1 aliphatic carbocycles. The monoisotopic (exact) mass is 280 g/mol. The average molecular weight is 280 g/mol. The van der Waals surface area contributed by atoms with Crippen LogP contribution in [0, 0.1) is 23.7 Å². The molecule has 1 heterocycles. The number of rotatable bonds is 1. The first kappa shape index (κ1) is 14.6. The van der Waals surface area contributed by atoms with E-state index in [2.05, 4.69) is 4.74 Å². The van der Waals surface area contributed by atoms with E-state index in [1.807, 2.05) is 13.8 Å². The summed E-state index contributed by atoms with van der Waals surface area (Å²) in [6.07, 6.45) is -5.12. The molecule has 2 rings (SSSR count). The summed E-state index contributed by atoms with van der Waals surface area (Å²) in [4.78, 5) is 11.8. The molecule has 1 saturated carbocycles. The maximum absolute atomic E-state index is 12.9. The largest absolute Gasteiger partial charge is 0.469 e. The highest BCUT2D eigenvalue weighted by atomic mass is 19.4. The number of alkyl halides is 3.